The zero-order valence-electron chi connectivity index (χ0n) is 14.4. The number of nitrogens with zero attached hydrogens (tertiary/aromatic N) is 4. The maximum Gasteiger partial charge on any atom is 0.125 e. The van der Waals surface area contributed by atoms with Crippen molar-refractivity contribution in [2.75, 3.05) is 20.1 Å². The molecule has 1 fully saturated rings. The fraction of sp³-hybridized carbons (Fsp3) is 0.444. The molecule has 2 N–H and O–H groups in total. The summed E-state index contributed by atoms with van der Waals surface area (Å²) in [6, 6.07) is 5.37. The van der Waals surface area contributed by atoms with Crippen LogP contribution in [0.1, 0.15) is 30.1 Å². The Morgan fingerprint density at radius 3 is 2.96 bits per heavy atom. The zero-order chi connectivity index (χ0) is 17.2. The number of H-pyrrole nitrogens is 1. The standard InChI is InChI=1S/C18H23FN6/c1-20-10-15-12-25(23-22-15)16-4-6-24(7-5-16)11-13-9-21-18-8-14(19)2-3-17(13)18/h2-3,8-9,12,16,20-21H,4-7,10-11H2,1H3. The number of fused-ring (bicyclic) bond motifs is 1. The van der Waals surface area contributed by atoms with E-state index in [9.17, 15) is 4.39 Å². The third-order valence-electron chi connectivity index (χ3n) is 4.97. The predicted octanol–water partition coefficient (Wildman–Crippen LogP) is 2.46. The van der Waals surface area contributed by atoms with Gasteiger partial charge in [-0.2, -0.15) is 0 Å². The third kappa shape index (κ3) is 3.43. The van der Waals surface area contributed by atoms with E-state index in [4.69, 9.17) is 0 Å². The van der Waals surface area contributed by atoms with E-state index in [2.05, 4.69) is 25.5 Å². The largest absolute Gasteiger partial charge is 0.361 e. The second-order valence-corrected chi connectivity index (χ2v) is 6.73. The summed E-state index contributed by atoms with van der Waals surface area (Å²) in [6.07, 6.45) is 6.18. The van der Waals surface area contributed by atoms with Crippen LogP contribution in [-0.2, 0) is 13.1 Å². The molecular formula is C18H23FN6. The minimum Gasteiger partial charge on any atom is -0.361 e. The Hall–Kier alpha value is -2.25. The van der Waals surface area contributed by atoms with Crippen LogP contribution in [-0.4, -0.2) is 45.0 Å². The van der Waals surface area contributed by atoms with E-state index in [1.807, 2.05) is 30.2 Å². The number of halogens is 1. The van der Waals surface area contributed by atoms with Gasteiger partial charge in [-0.1, -0.05) is 5.21 Å². The molecule has 0 aliphatic carbocycles. The van der Waals surface area contributed by atoms with E-state index >= 15 is 0 Å². The molecule has 7 heteroatoms. The first-order chi connectivity index (χ1) is 12.2. The van der Waals surface area contributed by atoms with Crippen LogP contribution in [0, 0.1) is 5.82 Å². The molecule has 0 spiro atoms. The van der Waals surface area contributed by atoms with Crippen molar-refractivity contribution in [3.05, 3.63) is 47.7 Å². The Kier molecular flexibility index (Phi) is 4.50. The highest BCUT2D eigenvalue weighted by Gasteiger charge is 2.22. The molecule has 0 saturated carbocycles. The number of piperidine rings is 1. The molecule has 3 aromatic rings. The smallest absolute Gasteiger partial charge is 0.125 e. The lowest BCUT2D eigenvalue weighted by Crippen LogP contribution is -2.34. The first kappa shape index (κ1) is 16.2. The quantitative estimate of drug-likeness (QED) is 0.748. The molecule has 0 radical (unpaired) electrons. The Labute approximate surface area is 146 Å². The van der Waals surface area contributed by atoms with Crippen LogP contribution in [0.15, 0.2) is 30.6 Å². The number of rotatable bonds is 5. The molecule has 1 saturated heterocycles. The van der Waals surface area contributed by atoms with Gasteiger partial charge in [0.1, 0.15) is 5.82 Å². The lowest BCUT2D eigenvalue weighted by molar-refractivity contribution is 0.172. The molecule has 3 heterocycles. The lowest BCUT2D eigenvalue weighted by atomic mass is 10.0. The summed E-state index contributed by atoms with van der Waals surface area (Å²) in [5.74, 6) is -0.202. The molecule has 6 nitrogen and oxygen atoms in total. The van der Waals surface area contributed by atoms with E-state index in [0.29, 0.717) is 6.04 Å². The summed E-state index contributed by atoms with van der Waals surface area (Å²) in [6.45, 7) is 3.69. The summed E-state index contributed by atoms with van der Waals surface area (Å²) in [7, 11) is 1.91. The predicted molar refractivity (Wildman–Crippen MR) is 94.6 cm³/mol. The van der Waals surface area contributed by atoms with Crippen LogP contribution in [0.2, 0.25) is 0 Å². The normalized spacial score (nSPS) is 16.7. The molecule has 2 aromatic heterocycles. The molecule has 0 amide bonds. The maximum atomic E-state index is 13.3. The number of nitrogens with one attached hydrogen (secondary N) is 2. The second kappa shape index (κ2) is 6.93. The fourth-order valence-corrected chi connectivity index (χ4v) is 3.63. The van der Waals surface area contributed by atoms with Crippen molar-refractivity contribution in [3.8, 4) is 0 Å². The summed E-state index contributed by atoms with van der Waals surface area (Å²) in [4.78, 5) is 5.63. The van der Waals surface area contributed by atoms with Gasteiger partial charge in [-0.25, -0.2) is 9.07 Å². The highest BCUT2D eigenvalue weighted by molar-refractivity contribution is 5.83. The van der Waals surface area contributed by atoms with Crippen LogP contribution in [0.4, 0.5) is 4.39 Å². The SMILES string of the molecule is CNCc1cn(C2CCN(Cc3c[nH]c4cc(F)ccc34)CC2)nn1. The van der Waals surface area contributed by atoms with Crippen molar-refractivity contribution in [3.63, 3.8) is 0 Å². The average Bonchev–Trinajstić information content (AvgIpc) is 3.23. The highest BCUT2D eigenvalue weighted by Crippen LogP contribution is 2.25. The van der Waals surface area contributed by atoms with E-state index in [-0.39, 0.29) is 5.82 Å². The number of likely N-dealkylation sites (tertiary alicyclic amines) is 1. The van der Waals surface area contributed by atoms with Crippen LogP contribution in [0.3, 0.4) is 0 Å². The molecule has 0 bridgehead atoms. The molecule has 0 unspecified atom stereocenters. The van der Waals surface area contributed by atoms with E-state index in [1.54, 1.807) is 6.07 Å². The average molecular weight is 342 g/mol. The molecule has 132 valence electrons. The number of hydrogen-bond donors (Lipinski definition) is 2. The van der Waals surface area contributed by atoms with Crippen molar-refractivity contribution >= 4 is 10.9 Å². The van der Waals surface area contributed by atoms with Crippen LogP contribution in [0.5, 0.6) is 0 Å². The van der Waals surface area contributed by atoms with Crippen molar-refractivity contribution in [1.29, 1.82) is 0 Å². The maximum absolute atomic E-state index is 13.3. The van der Waals surface area contributed by atoms with Crippen molar-refractivity contribution in [2.24, 2.45) is 0 Å². The number of benzene rings is 1. The lowest BCUT2D eigenvalue weighted by Gasteiger charge is -2.31. The summed E-state index contributed by atoms with van der Waals surface area (Å²) in [5, 5.41) is 12.7. The first-order valence-corrected chi connectivity index (χ1v) is 8.76. The van der Waals surface area contributed by atoms with Crippen LogP contribution in [0.25, 0.3) is 10.9 Å². The van der Waals surface area contributed by atoms with Gasteiger partial charge in [0, 0.05) is 43.3 Å². The van der Waals surface area contributed by atoms with E-state index in [1.165, 1.54) is 11.6 Å². The van der Waals surface area contributed by atoms with Gasteiger partial charge in [0.25, 0.3) is 0 Å². The van der Waals surface area contributed by atoms with Crippen LogP contribution < -0.4 is 5.32 Å². The minimum absolute atomic E-state index is 0.202. The van der Waals surface area contributed by atoms with Gasteiger partial charge in [0.15, 0.2) is 0 Å². The van der Waals surface area contributed by atoms with Gasteiger partial charge < -0.3 is 10.3 Å². The van der Waals surface area contributed by atoms with Crippen LogP contribution >= 0.6 is 0 Å². The molecule has 25 heavy (non-hydrogen) atoms. The second-order valence-electron chi connectivity index (χ2n) is 6.73. The molecular weight excluding hydrogens is 319 g/mol. The topological polar surface area (TPSA) is 61.8 Å². The Morgan fingerprint density at radius 2 is 2.16 bits per heavy atom. The Morgan fingerprint density at radius 1 is 1.32 bits per heavy atom. The molecule has 4 rings (SSSR count). The fourth-order valence-electron chi connectivity index (χ4n) is 3.63. The van der Waals surface area contributed by atoms with Gasteiger partial charge in [-0.15, -0.1) is 5.10 Å². The van der Waals surface area contributed by atoms with Gasteiger partial charge in [0.2, 0.25) is 0 Å². The molecule has 1 aliphatic heterocycles. The van der Waals surface area contributed by atoms with Gasteiger partial charge in [-0.3, -0.25) is 4.90 Å². The Bertz CT molecular complexity index is 846. The van der Waals surface area contributed by atoms with E-state index in [0.717, 1.165) is 55.6 Å². The van der Waals surface area contributed by atoms with Crippen molar-refractivity contribution < 1.29 is 4.39 Å². The minimum atomic E-state index is -0.202. The number of aromatic nitrogens is 4. The number of aromatic amines is 1. The van der Waals surface area contributed by atoms with Crippen molar-refractivity contribution in [1.82, 2.24) is 30.2 Å². The molecule has 0 atom stereocenters. The summed E-state index contributed by atoms with van der Waals surface area (Å²) in [5.41, 5.74) is 3.08. The third-order valence-corrected chi connectivity index (χ3v) is 4.97. The number of hydrogen-bond acceptors (Lipinski definition) is 4. The zero-order valence-corrected chi connectivity index (χ0v) is 14.4. The molecule has 1 aliphatic rings. The first-order valence-electron chi connectivity index (χ1n) is 8.76. The summed E-state index contributed by atoms with van der Waals surface area (Å²) < 4.78 is 15.3. The monoisotopic (exact) mass is 342 g/mol. The summed E-state index contributed by atoms with van der Waals surface area (Å²) >= 11 is 0. The van der Waals surface area contributed by atoms with Gasteiger partial charge in [0.05, 0.1) is 17.9 Å². The highest BCUT2D eigenvalue weighted by atomic mass is 19.1. The van der Waals surface area contributed by atoms with Gasteiger partial charge >= 0.3 is 0 Å². The van der Waals surface area contributed by atoms with Crippen molar-refractivity contribution in [2.45, 2.75) is 32.0 Å². The molecule has 1 aromatic carbocycles. The Balaban J connectivity index is 1.38. The van der Waals surface area contributed by atoms with E-state index < -0.39 is 0 Å². The van der Waals surface area contributed by atoms with Gasteiger partial charge in [-0.05, 0) is 43.7 Å².